The lowest BCUT2D eigenvalue weighted by atomic mass is 10.3. The zero-order valence-electron chi connectivity index (χ0n) is 5.63. The summed E-state index contributed by atoms with van der Waals surface area (Å²) >= 11 is 7.36. The first-order chi connectivity index (χ1) is 5.65. The smallest absolute Gasteiger partial charge is 0.138 e. The molecule has 0 saturated carbocycles. The van der Waals surface area contributed by atoms with Crippen LogP contribution in [0, 0.1) is 9.39 Å². The van der Waals surface area contributed by atoms with E-state index in [2.05, 4.69) is 10.0 Å². The quantitative estimate of drug-likeness (QED) is 0.247. The van der Waals surface area contributed by atoms with Gasteiger partial charge in [-0.3, -0.25) is 0 Å². The Balaban J connectivity index is 3.32. The highest BCUT2D eigenvalue weighted by molar-refractivity contribution is 14.1. The molecule has 1 aromatic carbocycles. The zero-order valence-corrected chi connectivity index (χ0v) is 8.54. The van der Waals surface area contributed by atoms with Crippen LogP contribution in [0.1, 0.15) is 0 Å². The summed E-state index contributed by atoms with van der Waals surface area (Å²) < 4.78 is 13.1. The molecule has 0 aliphatic rings. The third kappa shape index (κ3) is 2.00. The Hall–Kier alpha value is -0.520. The van der Waals surface area contributed by atoms with Crippen molar-refractivity contribution in [2.24, 2.45) is 5.11 Å². The molecule has 0 aliphatic carbocycles. The Morgan fingerprint density at radius 2 is 2.25 bits per heavy atom. The summed E-state index contributed by atoms with van der Waals surface area (Å²) in [7, 11) is 0. The lowest BCUT2D eigenvalue weighted by molar-refractivity contribution is 0.620. The number of rotatable bonds is 1. The van der Waals surface area contributed by atoms with Crippen molar-refractivity contribution < 1.29 is 4.39 Å². The molecule has 0 radical (unpaired) electrons. The van der Waals surface area contributed by atoms with E-state index in [-0.39, 0.29) is 10.7 Å². The number of halogens is 3. The van der Waals surface area contributed by atoms with E-state index in [0.29, 0.717) is 3.57 Å². The highest BCUT2D eigenvalue weighted by atomic mass is 127. The first kappa shape index (κ1) is 9.57. The summed E-state index contributed by atoms with van der Waals surface area (Å²) in [6.45, 7) is 0. The van der Waals surface area contributed by atoms with Gasteiger partial charge in [-0.1, -0.05) is 16.7 Å². The summed E-state index contributed by atoms with van der Waals surface area (Å²) in [4.78, 5) is 2.55. The molecule has 62 valence electrons. The Morgan fingerprint density at radius 3 is 2.83 bits per heavy atom. The maximum atomic E-state index is 12.8. The third-order valence-electron chi connectivity index (χ3n) is 1.14. The SMILES string of the molecule is [N-]=[N+]=Nc1cc(I)c(F)cc1Cl. The van der Waals surface area contributed by atoms with Crippen LogP contribution in [-0.4, -0.2) is 0 Å². The van der Waals surface area contributed by atoms with Crippen LogP contribution in [0.3, 0.4) is 0 Å². The molecular formula is C6H2ClFIN3. The van der Waals surface area contributed by atoms with Gasteiger partial charge in [0.2, 0.25) is 0 Å². The van der Waals surface area contributed by atoms with Gasteiger partial charge in [0.05, 0.1) is 10.7 Å². The molecule has 0 aliphatic heterocycles. The molecule has 12 heavy (non-hydrogen) atoms. The molecule has 0 heterocycles. The average Bonchev–Trinajstić information content (AvgIpc) is 2.01. The minimum Gasteiger partial charge on any atom is -0.206 e. The van der Waals surface area contributed by atoms with Crippen molar-refractivity contribution in [1.29, 1.82) is 0 Å². The molecule has 0 amide bonds. The highest BCUT2D eigenvalue weighted by Gasteiger charge is 2.04. The molecule has 0 fully saturated rings. The molecule has 0 saturated heterocycles. The van der Waals surface area contributed by atoms with E-state index < -0.39 is 5.82 Å². The maximum absolute atomic E-state index is 12.8. The van der Waals surface area contributed by atoms with Gasteiger partial charge in [0.25, 0.3) is 0 Å². The van der Waals surface area contributed by atoms with Gasteiger partial charge in [0.15, 0.2) is 0 Å². The summed E-state index contributed by atoms with van der Waals surface area (Å²) in [6.07, 6.45) is 0. The molecule has 0 atom stereocenters. The lowest BCUT2D eigenvalue weighted by Gasteiger charge is -1.98. The minimum absolute atomic E-state index is 0.116. The van der Waals surface area contributed by atoms with Gasteiger partial charge in [0, 0.05) is 8.48 Å². The number of hydrogen-bond donors (Lipinski definition) is 0. The Bertz CT molecular complexity index is 362. The first-order valence-electron chi connectivity index (χ1n) is 2.85. The number of azide groups is 1. The van der Waals surface area contributed by atoms with Crippen molar-refractivity contribution in [3.8, 4) is 0 Å². The second kappa shape index (κ2) is 3.93. The van der Waals surface area contributed by atoms with Crippen LogP contribution in [0.2, 0.25) is 5.02 Å². The van der Waals surface area contributed by atoms with Crippen LogP contribution < -0.4 is 0 Å². The second-order valence-electron chi connectivity index (χ2n) is 1.91. The van der Waals surface area contributed by atoms with Gasteiger partial charge >= 0.3 is 0 Å². The van der Waals surface area contributed by atoms with Gasteiger partial charge in [-0.2, -0.15) is 0 Å². The molecule has 0 spiro atoms. The first-order valence-corrected chi connectivity index (χ1v) is 4.30. The summed E-state index contributed by atoms with van der Waals surface area (Å²) in [5, 5.41) is 3.40. The maximum Gasteiger partial charge on any atom is 0.138 e. The molecule has 0 aromatic heterocycles. The van der Waals surface area contributed by atoms with Gasteiger partial charge in [-0.15, -0.1) is 0 Å². The lowest BCUT2D eigenvalue weighted by Crippen LogP contribution is -1.80. The van der Waals surface area contributed by atoms with Crippen LogP contribution >= 0.6 is 34.2 Å². The average molecular weight is 297 g/mol. The van der Waals surface area contributed by atoms with E-state index in [0.717, 1.165) is 6.07 Å². The van der Waals surface area contributed by atoms with E-state index in [1.165, 1.54) is 6.07 Å². The molecule has 6 heteroatoms. The van der Waals surface area contributed by atoms with Crippen LogP contribution in [0.25, 0.3) is 10.4 Å². The summed E-state index contributed by atoms with van der Waals surface area (Å²) in [5.74, 6) is -0.419. The molecular weight excluding hydrogens is 295 g/mol. The molecule has 0 N–H and O–H groups in total. The fourth-order valence-corrected chi connectivity index (χ4v) is 1.28. The van der Waals surface area contributed by atoms with Crippen LogP contribution in [0.4, 0.5) is 10.1 Å². The predicted octanol–water partition coefficient (Wildman–Crippen LogP) is 4.03. The van der Waals surface area contributed by atoms with Crippen molar-refractivity contribution in [2.45, 2.75) is 0 Å². The van der Waals surface area contributed by atoms with Gasteiger partial charge in [0.1, 0.15) is 5.82 Å². The standard InChI is InChI=1S/C6H2ClFIN3/c7-3-1-4(8)5(9)2-6(3)11-12-10/h1-2H. The van der Waals surface area contributed by atoms with Crippen molar-refractivity contribution in [3.05, 3.63) is 37.0 Å². The molecule has 1 aromatic rings. The van der Waals surface area contributed by atoms with E-state index in [4.69, 9.17) is 17.1 Å². The predicted molar refractivity (Wildman–Crippen MR) is 52.9 cm³/mol. The monoisotopic (exact) mass is 297 g/mol. The van der Waals surface area contributed by atoms with Crippen LogP contribution in [0.15, 0.2) is 17.2 Å². The number of benzene rings is 1. The highest BCUT2D eigenvalue weighted by Crippen LogP contribution is 2.28. The largest absolute Gasteiger partial charge is 0.206 e. The molecule has 0 unspecified atom stereocenters. The second-order valence-corrected chi connectivity index (χ2v) is 3.48. The van der Waals surface area contributed by atoms with Crippen molar-refractivity contribution in [3.63, 3.8) is 0 Å². The zero-order chi connectivity index (χ0) is 9.14. The van der Waals surface area contributed by atoms with E-state index in [1.54, 1.807) is 22.6 Å². The third-order valence-corrected chi connectivity index (χ3v) is 2.27. The number of nitrogens with zero attached hydrogens (tertiary/aromatic N) is 3. The van der Waals surface area contributed by atoms with Gasteiger partial charge < -0.3 is 0 Å². The molecule has 0 bridgehead atoms. The van der Waals surface area contributed by atoms with E-state index in [9.17, 15) is 4.39 Å². The fraction of sp³-hybridized carbons (Fsp3) is 0. The normalized spacial score (nSPS) is 9.25. The van der Waals surface area contributed by atoms with E-state index in [1.807, 2.05) is 0 Å². The summed E-state index contributed by atoms with van der Waals surface area (Å²) in [5.41, 5.74) is 8.35. The molecule has 1 rings (SSSR count). The summed E-state index contributed by atoms with van der Waals surface area (Å²) in [6, 6.07) is 2.51. The van der Waals surface area contributed by atoms with Gasteiger partial charge in [-0.05, 0) is 40.3 Å². The van der Waals surface area contributed by atoms with Crippen molar-refractivity contribution in [2.75, 3.05) is 0 Å². The molecule has 3 nitrogen and oxygen atoms in total. The van der Waals surface area contributed by atoms with Gasteiger partial charge in [-0.25, -0.2) is 4.39 Å². The van der Waals surface area contributed by atoms with Crippen molar-refractivity contribution in [1.82, 2.24) is 0 Å². The Labute approximate surface area is 86.3 Å². The van der Waals surface area contributed by atoms with Crippen LogP contribution in [0.5, 0.6) is 0 Å². The Morgan fingerprint density at radius 1 is 1.58 bits per heavy atom. The Kier molecular flexibility index (Phi) is 3.13. The van der Waals surface area contributed by atoms with E-state index >= 15 is 0 Å². The van der Waals surface area contributed by atoms with Crippen LogP contribution in [-0.2, 0) is 0 Å². The van der Waals surface area contributed by atoms with Crippen molar-refractivity contribution >= 4 is 39.9 Å². The minimum atomic E-state index is -0.419. The number of hydrogen-bond acceptors (Lipinski definition) is 1. The fourth-order valence-electron chi connectivity index (χ4n) is 0.637. The topological polar surface area (TPSA) is 48.8 Å².